The lowest BCUT2D eigenvalue weighted by Gasteiger charge is -2.12. The second-order valence-electron chi connectivity index (χ2n) is 8.52. The van der Waals surface area contributed by atoms with Gasteiger partial charge in [-0.05, 0) is 66.7 Å². The van der Waals surface area contributed by atoms with Crippen LogP contribution in [-0.2, 0) is 16.1 Å². The van der Waals surface area contributed by atoms with Crippen molar-refractivity contribution in [3.05, 3.63) is 105 Å². The van der Waals surface area contributed by atoms with E-state index in [-0.39, 0.29) is 11.4 Å². The summed E-state index contributed by atoms with van der Waals surface area (Å²) in [7, 11) is 0. The highest BCUT2D eigenvalue weighted by Gasteiger charge is 2.36. The molecule has 0 saturated carbocycles. The van der Waals surface area contributed by atoms with E-state index >= 15 is 0 Å². The third-order valence-corrected chi connectivity index (χ3v) is 7.67. The number of anilines is 1. The zero-order chi connectivity index (χ0) is 26.1. The fraction of sp³-hybridized carbons (Fsp3) is 0.107. The lowest BCUT2D eigenvalue weighted by molar-refractivity contribution is -0.127. The molecule has 2 heterocycles. The van der Waals surface area contributed by atoms with Crippen molar-refractivity contribution in [1.29, 1.82) is 0 Å². The summed E-state index contributed by atoms with van der Waals surface area (Å²) in [4.78, 5) is 39.5. The summed E-state index contributed by atoms with van der Waals surface area (Å²) in [6.07, 6.45) is 1.74. The third kappa shape index (κ3) is 5.16. The van der Waals surface area contributed by atoms with Crippen LogP contribution < -0.4 is 5.32 Å². The molecule has 1 aromatic heterocycles. The van der Waals surface area contributed by atoms with Crippen LogP contribution in [0.15, 0.2) is 77.7 Å². The summed E-state index contributed by atoms with van der Waals surface area (Å²) < 4.78 is 2.15. The number of imide groups is 1. The minimum atomic E-state index is -0.497. The summed E-state index contributed by atoms with van der Waals surface area (Å²) in [5.41, 5.74) is 4.28. The largest absolute Gasteiger partial charge is 0.340 e. The number of carbonyl (C=O) groups excluding carboxylic acids is 3. The van der Waals surface area contributed by atoms with Gasteiger partial charge >= 0.3 is 0 Å². The maximum atomic E-state index is 13.1. The first-order chi connectivity index (χ1) is 17.8. The van der Waals surface area contributed by atoms with E-state index in [1.807, 2.05) is 55.5 Å². The van der Waals surface area contributed by atoms with Gasteiger partial charge in [0.25, 0.3) is 11.1 Å². The van der Waals surface area contributed by atoms with Crippen LogP contribution in [0.4, 0.5) is 10.5 Å². The number of hydrogen-bond donors (Lipinski definition) is 1. The van der Waals surface area contributed by atoms with Crippen molar-refractivity contribution in [1.82, 2.24) is 9.47 Å². The van der Waals surface area contributed by atoms with Gasteiger partial charge in [-0.3, -0.25) is 19.3 Å². The molecule has 3 aromatic carbocycles. The summed E-state index contributed by atoms with van der Waals surface area (Å²) in [6.45, 7) is 2.16. The fourth-order valence-corrected chi connectivity index (χ4v) is 5.43. The number of hydrogen-bond acceptors (Lipinski definition) is 4. The average molecular weight is 550 g/mol. The highest BCUT2D eigenvalue weighted by Crippen LogP contribution is 2.36. The van der Waals surface area contributed by atoms with Crippen LogP contribution in [0.1, 0.15) is 16.8 Å². The molecule has 0 spiro atoms. The zero-order valence-corrected chi connectivity index (χ0v) is 22.0. The predicted octanol–water partition coefficient (Wildman–Crippen LogP) is 6.98. The highest BCUT2D eigenvalue weighted by atomic mass is 35.5. The SMILES string of the molecule is Cc1c(/C=C2\SC(=O)N(CC(=O)Nc3ccc(Cl)cc3)C2=O)c2ccccc2n1Cc1ccccc1Cl. The molecule has 1 aliphatic rings. The van der Waals surface area contributed by atoms with Gasteiger partial charge in [-0.15, -0.1) is 0 Å². The summed E-state index contributed by atoms with van der Waals surface area (Å²) in [5.74, 6) is -0.970. The van der Waals surface area contributed by atoms with Crippen LogP contribution in [0.5, 0.6) is 0 Å². The van der Waals surface area contributed by atoms with Crippen molar-refractivity contribution in [3.63, 3.8) is 0 Å². The van der Waals surface area contributed by atoms with Crippen molar-refractivity contribution >= 4 is 74.7 Å². The molecule has 0 unspecified atom stereocenters. The van der Waals surface area contributed by atoms with E-state index in [4.69, 9.17) is 23.2 Å². The van der Waals surface area contributed by atoms with E-state index in [1.54, 1.807) is 30.3 Å². The van der Waals surface area contributed by atoms with Crippen LogP contribution in [0.2, 0.25) is 10.0 Å². The number of thioether (sulfide) groups is 1. The second kappa shape index (κ2) is 10.5. The molecular weight excluding hydrogens is 529 g/mol. The van der Waals surface area contributed by atoms with Crippen LogP contribution in [0, 0.1) is 6.92 Å². The Hall–Kier alpha value is -3.52. The first kappa shape index (κ1) is 25.1. The number of benzene rings is 3. The molecule has 0 aliphatic carbocycles. The van der Waals surface area contributed by atoms with E-state index in [2.05, 4.69) is 9.88 Å². The number of amides is 3. The Kier molecular flexibility index (Phi) is 7.11. The molecule has 1 aliphatic heterocycles. The normalized spacial score (nSPS) is 14.7. The molecule has 37 heavy (non-hydrogen) atoms. The topological polar surface area (TPSA) is 71.4 Å². The lowest BCUT2D eigenvalue weighted by Crippen LogP contribution is -2.36. The molecule has 4 aromatic rings. The Morgan fingerprint density at radius 3 is 2.43 bits per heavy atom. The van der Waals surface area contributed by atoms with Crippen LogP contribution in [0.25, 0.3) is 17.0 Å². The van der Waals surface area contributed by atoms with Crippen molar-refractivity contribution in [2.24, 2.45) is 0 Å². The van der Waals surface area contributed by atoms with Crippen LogP contribution in [0.3, 0.4) is 0 Å². The number of aromatic nitrogens is 1. The standard InChI is InChI=1S/C28H21Cl2N3O3S/c1-17-22(21-7-3-5-9-24(21)32(17)15-18-6-2-4-8-23(18)30)14-25-27(35)33(28(36)37-25)16-26(34)31-20-12-10-19(29)11-13-20/h2-14H,15-16H2,1H3,(H,31,34)/b25-14-. The minimum Gasteiger partial charge on any atom is -0.340 e. The Morgan fingerprint density at radius 1 is 0.973 bits per heavy atom. The van der Waals surface area contributed by atoms with Crippen LogP contribution in [-0.4, -0.2) is 33.1 Å². The Balaban J connectivity index is 1.42. The maximum absolute atomic E-state index is 13.1. The van der Waals surface area contributed by atoms with E-state index < -0.39 is 17.1 Å². The van der Waals surface area contributed by atoms with Crippen molar-refractivity contribution < 1.29 is 14.4 Å². The number of nitrogens with one attached hydrogen (secondary N) is 1. The molecule has 1 N–H and O–H groups in total. The van der Waals surface area contributed by atoms with E-state index in [9.17, 15) is 14.4 Å². The zero-order valence-electron chi connectivity index (χ0n) is 19.7. The minimum absolute atomic E-state index is 0.271. The summed E-state index contributed by atoms with van der Waals surface area (Å²) in [5, 5.41) is 4.37. The summed E-state index contributed by atoms with van der Waals surface area (Å²) in [6, 6.07) is 22.2. The van der Waals surface area contributed by atoms with Gasteiger partial charge in [0.15, 0.2) is 0 Å². The summed E-state index contributed by atoms with van der Waals surface area (Å²) >= 11 is 13.1. The Morgan fingerprint density at radius 2 is 1.68 bits per heavy atom. The second-order valence-corrected chi connectivity index (χ2v) is 10.4. The van der Waals surface area contributed by atoms with Crippen LogP contribution >= 0.6 is 35.0 Å². The predicted molar refractivity (Wildman–Crippen MR) is 150 cm³/mol. The molecule has 186 valence electrons. The van der Waals surface area contributed by atoms with Gasteiger partial charge in [-0.1, -0.05) is 59.6 Å². The van der Waals surface area contributed by atoms with Gasteiger partial charge in [0.05, 0.1) is 4.91 Å². The third-order valence-electron chi connectivity index (χ3n) is 6.14. The van der Waals surface area contributed by atoms with Crippen molar-refractivity contribution in [3.8, 4) is 0 Å². The molecular formula is C28H21Cl2N3O3S. The number of para-hydroxylation sites is 1. The average Bonchev–Trinajstić information content (AvgIpc) is 3.30. The molecule has 0 bridgehead atoms. The van der Waals surface area contributed by atoms with Gasteiger partial charge in [0, 0.05) is 44.4 Å². The van der Waals surface area contributed by atoms with Gasteiger partial charge in [0.1, 0.15) is 6.54 Å². The molecule has 9 heteroatoms. The molecule has 5 rings (SSSR count). The molecule has 1 fully saturated rings. The van der Waals surface area contributed by atoms with Gasteiger partial charge in [0.2, 0.25) is 5.91 Å². The number of rotatable bonds is 6. The Labute approximate surface area is 227 Å². The van der Waals surface area contributed by atoms with E-state index in [0.29, 0.717) is 22.3 Å². The Bertz CT molecular complexity index is 1580. The van der Waals surface area contributed by atoms with Gasteiger partial charge in [-0.25, -0.2) is 0 Å². The lowest BCUT2D eigenvalue weighted by atomic mass is 10.1. The molecule has 1 saturated heterocycles. The number of fused-ring (bicyclic) bond motifs is 1. The molecule has 6 nitrogen and oxygen atoms in total. The molecule has 0 radical (unpaired) electrons. The maximum Gasteiger partial charge on any atom is 0.294 e. The van der Waals surface area contributed by atoms with Crippen molar-refractivity contribution in [2.45, 2.75) is 13.5 Å². The first-order valence-corrected chi connectivity index (χ1v) is 13.0. The number of carbonyl (C=O) groups is 3. The quantitative estimate of drug-likeness (QED) is 0.263. The monoisotopic (exact) mass is 549 g/mol. The van der Waals surface area contributed by atoms with E-state index in [0.717, 1.165) is 44.4 Å². The molecule has 0 atom stereocenters. The van der Waals surface area contributed by atoms with E-state index in [1.165, 1.54) is 0 Å². The van der Waals surface area contributed by atoms with Crippen molar-refractivity contribution in [2.75, 3.05) is 11.9 Å². The van der Waals surface area contributed by atoms with Gasteiger partial charge in [-0.2, -0.15) is 0 Å². The first-order valence-electron chi connectivity index (χ1n) is 11.4. The smallest absolute Gasteiger partial charge is 0.294 e. The number of halogens is 2. The molecule has 3 amide bonds. The number of nitrogens with zero attached hydrogens (tertiary/aromatic N) is 2. The highest BCUT2D eigenvalue weighted by molar-refractivity contribution is 8.18. The fourth-order valence-electron chi connectivity index (χ4n) is 4.29. The van der Waals surface area contributed by atoms with Gasteiger partial charge < -0.3 is 9.88 Å².